The van der Waals surface area contributed by atoms with Crippen LogP contribution in [0.15, 0.2) is 43.0 Å². The SMILES string of the molecule is CCCNC(=O)Nc1ncnc2c1ncn2C1O[C@H](COP(=O)(O)O)C2OC(c3ccccc3)OC21. The minimum absolute atomic E-state index is 0.217. The lowest BCUT2D eigenvalue weighted by Crippen LogP contribution is -2.31. The van der Waals surface area contributed by atoms with Crippen LogP contribution >= 0.6 is 7.82 Å². The Bertz CT molecular complexity index is 1270. The minimum Gasteiger partial charge on any atom is -0.347 e. The Kier molecular flexibility index (Phi) is 6.99. The number of aromatic nitrogens is 4. The number of hydrogen-bond acceptors (Lipinski definition) is 9. The molecule has 0 saturated carbocycles. The summed E-state index contributed by atoms with van der Waals surface area (Å²) in [7, 11) is -4.74. The largest absolute Gasteiger partial charge is 0.469 e. The molecule has 2 saturated heterocycles. The number of ether oxygens (including phenoxy) is 3. The zero-order valence-corrected chi connectivity index (χ0v) is 20.0. The summed E-state index contributed by atoms with van der Waals surface area (Å²) in [6.45, 7) is 2.03. The van der Waals surface area contributed by atoms with Crippen molar-refractivity contribution in [3.63, 3.8) is 0 Å². The van der Waals surface area contributed by atoms with Crippen molar-refractivity contribution in [3.05, 3.63) is 48.5 Å². The van der Waals surface area contributed by atoms with Gasteiger partial charge >= 0.3 is 13.9 Å². The molecule has 4 unspecified atom stereocenters. The summed E-state index contributed by atoms with van der Waals surface area (Å²) < 4.78 is 36.0. The Morgan fingerprint density at radius 2 is 1.92 bits per heavy atom. The van der Waals surface area contributed by atoms with Gasteiger partial charge in [0.1, 0.15) is 24.6 Å². The number of hydrogen-bond donors (Lipinski definition) is 4. The van der Waals surface area contributed by atoms with E-state index in [0.29, 0.717) is 17.7 Å². The maximum absolute atomic E-state index is 12.1. The summed E-state index contributed by atoms with van der Waals surface area (Å²) in [4.78, 5) is 43.3. The van der Waals surface area contributed by atoms with E-state index in [1.165, 1.54) is 12.7 Å². The van der Waals surface area contributed by atoms with E-state index in [1.54, 1.807) is 4.57 Å². The molecule has 0 spiro atoms. The molecule has 3 aromatic rings. The Morgan fingerprint density at radius 3 is 2.67 bits per heavy atom. The number of anilines is 1. The highest BCUT2D eigenvalue weighted by Gasteiger charge is 2.54. The highest BCUT2D eigenvalue weighted by molar-refractivity contribution is 7.46. The topological polar surface area (TPSA) is 179 Å². The molecule has 1 aromatic carbocycles. The Hall–Kier alpha value is -2.97. The molecule has 2 amide bonds. The number of urea groups is 1. The van der Waals surface area contributed by atoms with Crippen LogP contribution < -0.4 is 10.6 Å². The van der Waals surface area contributed by atoms with E-state index in [0.717, 1.165) is 12.0 Å². The first-order chi connectivity index (χ1) is 17.3. The Labute approximate surface area is 205 Å². The van der Waals surface area contributed by atoms with E-state index < -0.39 is 51.3 Å². The second-order valence-electron chi connectivity index (χ2n) is 8.22. The lowest BCUT2D eigenvalue weighted by Gasteiger charge is -2.21. The number of rotatable bonds is 8. The lowest BCUT2D eigenvalue weighted by atomic mass is 10.1. The molecule has 0 aliphatic carbocycles. The van der Waals surface area contributed by atoms with Crippen molar-refractivity contribution in [2.24, 2.45) is 0 Å². The number of fused-ring (bicyclic) bond motifs is 2. The molecule has 15 heteroatoms. The summed E-state index contributed by atoms with van der Waals surface area (Å²) in [6.07, 6.45) is -0.192. The summed E-state index contributed by atoms with van der Waals surface area (Å²) in [5, 5.41) is 5.37. The van der Waals surface area contributed by atoms with Gasteiger partial charge in [0.15, 0.2) is 29.5 Å². The van der Waals surface area contributed by atoms with Crippen LogP contribution in [-0.2, 0) is 23.3 Å². The molecule has 4 heterocycles. The highest BCUT2D eigenvalue weighted by Crippen LogP contribution is 2.46. The molecular formula is C21H25N6O8P. The van der Waals surface area contributed by atoms with E-state index in [-0.39, 0.29) is 5.82 Å². The van der Waals surface area contributed by atoms with Gasteiger partial charge in [-0.05, 0) is 6.42 Å². The van der Waals surface area contributed by atoms with Crippen LogP contribution in [0.2, 0.25) is 0 Å². The van der Waals surface area contributed by atoms with Crippen LogP contribution in [-0.4, -0.2) is 66.8 Å². The predicted molar refractivity (Wildman–Crippen MR) is 123 cm³/mol. The van der Waals surface area contributed by atoms with Crippen molar-refractivity contribution in [1.29, 1.82) is 0 Å². The van der Waals surface area contributed by atoms with Gasteiger partial charge in [0.2, 0.25) is 0 Å². The third-order valence-corrected chi connectivity index (χ3v) is 6.21. The van der Waals surface area contributed by atoms with Gasteiger partial charge in [-0.2, -0.15) is 0 Å². The number of phosphoric acid groups is 1. The molecule has 36 heavy (non-hydrogen) atoms. The maximum atomic E-state index is 12.1. The molecule has 5 rings (SSSR count). The summed E-state index contributed by atoms with van der Waals surface area (Å²) in [5.74, 6) is 0.217. The standard InChI is InChI=1S/C21H25N6O8P/c1-2-8-22-21(28)26-17-14-18(24-10-23-17)27(11-25-14)19-16-15(13(33-19)9-32-36(29,30)31)34-20(35-16)12-6-4-3-5-7-12/h3-7,10-11,13,15-16,19-20H,2,8-9H2,1H3,(H2,29,30,31)(H2,22,23,24,26,28)/t13-,15?,16?,19?,20?/m1/s1. The van der Waals surface area contributed by atoms with Crippen LogP contribution in [0.25, 0.3) is 11.2 Å². The zero-order chi connectivity index (χ0) is 25.3. The van der Waals surface area contributed by atoms with Crippen molar-refractivity contribution >= 4 is 30.8 Å². The normalized spacial score (nSPS) is 25.7. The van der Waals surface area contributed by atoms with Crippen LogP contribution in [0.3, 0.4) is 0 Å². The van der Waals surface area contributed by atoms with Gasteiger partial charge in [0, 0.05) is 12.1 Å². The second-order valence-corrected chi connectivity index (χ2v) is 9.46. The number of carbonyl (C=O) groups excluding carboxylic acids is 1. The average Bonchev–Trinajstić information content (AvgIpc) is 3.56. The predicted octanol–water partition coefficient (Wildman–Crippen LogP) is 1.85. The van der Waals surface area contributed by atoms with E-state index in [9.17, 15) is 19.1 Å². The van der Waals surface area contributed by atoms with Gasteiger partial charge in [-0.1, -0.05) is 37.3 Å². The minimum atomic E-state index is -4.74. The van der Waals surface area contributed by atoms with E-state index >= 15 is 0 Å². The van der Waals surface area contributed by atoms with Gasteiger partial charge in [-0.15, -0.1) is 0 Å². The molecule has 5 atom stereocenters. The van der Waals surface area contributed by atoms with Gasteiger partial charge in [0.05, 0.1) is 12.9 Å². The summed E-state index contributed by atoms with van der Waals surface area (Å²) >= 11 is 0. The highest BCUT2D eigenvalue weighted by atomic mass is 31.2. The summed E-state index contributed by atoms with van der Waals surface area (Å²) in [5.41, 5.74) is 1.48. The monoisotopic (exact) mass is 520 g/mol. The number of nitrogens with zero attached hydrogens (tertiary/aromatic N) is 4. The lowest BCUT2D eigenvalue weighted by molar-refractivity contribution is -0.152. The molecule has 2 aliphatic rings. The molecule has 0 radical (unpaired) electrons. The van der Waals surface area contributed by atoms with E-state index in [2.05, 4.69) is 25.6 Å². The fourth-order valence-corrected chi connectivity index (χ4v) is 4.49. The maximum Gasteiger partial charge on any atom is 0.469 e. The first-order valence-electron chi connectivity index (χ1n) is 11.3. The van der Waals surface area contributed by atoms with Crippen LogP contribution in [0.4, 0.5) is 10.6 Å². The molecule has 14 nitrogen and oxygen atoms in total. The molecule has 2 aliphatic heterocycles. The number of amides is 2. The first-order valence-corrected chi connectivity index (χ1v) is 12.8. The van der Waals surface area contributed by atoms with Crippen molar-refractivity contribution in [2.45, 2.75) is 44.2 Å². The molecule has 0 bridgehead atoms. The van der Waals surface area contributed by atoms with Gasteiger partial charge in [-0.25, -0.2) is 24.3 Å². The van der Waals surface area contributed by atoms with E-state index in [4.69, 9.17) is 18.7 Å². The molecule has 4 N–H and O–H groups in total. The van der Waals surface area contributed by atoms with Crippen molar-refractivity contribution in [2.75, 3.05) is 18.5 Å². The first kappa shape index (κ1) is 24.7. The number of benzene rings is 1. The van der Waals surface area contributed by atoms with Crippen molar-refractivity contribution in [3.8, 4) is 0 Å². The molecule has 2 fully saturated rings. The van der Waals surface area contributed by atoms with Crippen LogP contribution in [0.1, 0.15) is 31.4 Å². The quantitative estimate of drug-likeness (QED) is 0.318. The van der Waals surface area contributed by atoms with Crippen LogP contribution in [0, 0.1) is 0 Å². The number of carbonyl (C=O) groups is 1. The fraction of sp³-hybridized carbons (Fsp3) is 0.429. The molecular weight excluding hydrogens is 495 g/mol. The molecule has 2 aromatic heterocycles. The number of phosphoric ester groups is 1. The number of nitrogens with one attached hydrogen (secondary N) is 2. The van der Waals surface area contributed by atoms with Crippen molar-refractivity contribution in [1.82, 2.24) is 24.8 Å². The third kappa shape index (κ3) is 5.11. The summed E-state index contributed by atoms with van der Waals surface area (Å²) in [6, 6.07) is 8.85. The van der Waals surface area contributed by atoms with Gasteiger partial charge in [-0.3, -0.25) is 14.4 Å². The average molecular weight is 520 g/mol. The molecule has 192 valence electrons. The van der Waals surface area contributed by atoms with E-state index in [1.807, 2.05) is 37.3 Å². The Balaban J connectivity index is 1.43. The Morgan fingerprint density at radius 1 is 1.14 bits per heavy atom. The second kappa shape index (κ2) is 10.2. The number of imidazole rings is 1. The smallest absolute Gasteiger partial charge is 0.347 e. The van der Waals surface area contributed by atoms with Crippen molar-refractivity contribution < 1.29 is 37.9 Å². The van der Waals surface area contributed by atoms with Crippen LogP contribution in [0.5, 0.6) is 0 Å². The fourth-order valence-electron chi connectivity index (χ4n) is 4.15. The van der Waals surface area contributed by atoms with Gasteiger partial charge in [0.25, 0.3) is 0 Å². The van der Waals surface area contributed by atoms with Gasteiger partial charge < -0.3 is 29.3 Å². The zero-order valence-electron chi connectivity index (χ0n) is 19.1. The third-order valence-electron chi connectivity index (χ3n) is 5.73.